The van der Waals surface area contributed by atoms with E-state index in [1.807, 2.05) is 80.6 Å². The van der Waals surface area contributed by atoms with Gasteiger partial charge in [0.2, 0.25) is 5.91 Å². The lowest BCUT2D eigenvalue weighted by molar-refractivity contribution is -0.117. The Balaban J connectivity index is 1.66. The lowest BCUT2D eigenvalue weighted by Gasteiger charge is -2.12. The normalized spacial score (nSPS) is 10.9. The molecule has 5 nitrogen and oxygen atoms in total. The molecule has 0 unspecified atom stereocenters. The van der Waals surface area contributed by atoms with Crippen LogP contribution in [0.2, 0.25) is 0 Å². The van der Waals surface area contributed by atoms with Crippen molar-refractivity contribution >= 4 is 22.4 Å². The first-order valence-electron chi connectivity index (χ1n) is 9.91. The Morgan fingerprint density at radius 3 is 2.33 bits per heavy atom. The summed E-state index contributed by atoms with van der Waals surface area (Å²) in [5.41, 5.74) is 4.57. The molecule has 150 valence electrons. The number of amides is 1. The maximum absolute atomic E-state index is 12.9. The molecule has 30 heavy (non-hydrogen) atoms. The Labute approximate surface area is 175 Å². The van der Waals surface area contributed by atoms with Gasteiger partial charge in [0.05, 0.1) is 11.1 Å². The minimum Gasteiger partial charge on any atom is -0.324 e. The number of aryl methyl sites for hydroxylation is 2. The number of rotatable bonds is 5. The number of nitrogens with one attached hydrogen (secondary N) is 1. The predicted molar refractivity (Wildman–Crippen MR) is 120 cm³/mol. The summed E-state index contributed by atoms with van der Waals surface area (Å²) in [6.45, 7) is 3.88. The average molecular weight is 397 g/mol. The van der Waals surface area contributed by atoms with E-state index in [-0.39, 0.29) is 18.0 Å². The third-order valence-electron chi connectivity index (χ3n) is 5.24. The fraction of sp³-hybridized carbons (Fsp3) is 0.160. The van der Waals surface area contributed by atoms with Crippen LogP contribution in [0.4, 0.5) is 5.69 Å². The average Bonchev–Trinajstić information content (AvgIpc) is 2.75. The van der Waals surface area contributed by atoms with E-state index in [0.717, 1.165) is 27.8 Å². The van der Waals surface area contributed by atoms with Crippen LogP contribution in [0.15, 0.2) is 77.6 Å². The number of carbonyl (C=O) groups excluding carboxylic acids is 1. The van der Waals surface area contributed by atoms with Gasteiger partial charge in [-0.2, -0.15) is 5.10 Å². The molecule has 0 aliphatic rings. The highest BCUT2D eigenvalue weighted by Crippen LogP contribution is 2.17. The maximum atomic E-state index is 12.9. The van der Waals surface area contributed by atoms with Crippen molar-refractivity contribution in [3.8, 4) is 0 Å². The van der Waals surface area contributed by atoms with E-state index in [0.29, 0.717) is 17.5 Å². The van der Waals surface area contributed by atoms with E-state index in [4.69, 9.17) is 0 Å². The van der Waals surface area contributed by atoms with Crippen LogP contribution in [-0.2, 0) is 17.8 Å². The second kappa shape index (κ2) is 8.33. The molecule has 0 saturated heterocycles. The summed E-state index contributed by atoms with van der Waals surface area (Å²) in [5, 5.41) is 8.80. The largest absolute Gasteiger partial charge is 0.324 e. The molecule has 1 aromatic heterocycles. The second-order valence-electron chi connectivity index (χ2n) is 7.46. The highest BCUT2D eigenvalue weighted by atomic mass is 16.2. The summed E-state index contributed by atoms with van der Waals surface area (Å²) in [7, 11) is 0. The zero-order valence-corrected chi connectivity index (χ0v) is 17.1. The standard InChI is InChI=1S/C25H23N3O2/c1-17-12-13-20(14-18(17)2)26-24(29)16-28-25(30)22-11-7-6-10-21(22)23(27-28)15-19-8-4-3-5-9-19/h3-14H,15-16H2,1-2H3,(H,26,29). The van der Waals surface area contributed by atoms with Crippen LogP contribution in [0.3, 0.4) is 0 Å². The van der Waals surface area contributed by atoms with Gasteiger partial charge in [-0.25, -0.2) is 4.68 Å². The molecule has 3 aromatic carbocycles. The van der Waals surface area contributed by atoms with Crippen molar-refractivity contribution in [2.75, 3.05) is 5.32 Å². The molecule has 0 bridgehead atoms. The third kappa shape index (κ3) is 4.15. The van der Waals surface area contributed by atoms with Gasteiger partial charge in [0.1, 0.15) is 6.54 Å². The molecule has 0 fully saturated rings. The molecular weight excluding hydrogens is 374 g/mol. The summed E-state index contributed by atoms with van der Waals surface area (Å²) in [6, 6.07) is 23.1. The van der Waals surface area contributed by atoms with E-state index in [2.05, 4.69) is 10.4 Å². The number of nitrogens with zero attached hydrogens (tertiary/aromatic N) is 2. The first-order valence-corrected chi connectivity index (χ1v) is 9.91. The Kier molecular flexibility index (Phi) is 5.44. The Morgan fingerprint density at radius 1 is 0.900 bits per heavy atom. The minimum atomic E-state index is -0.284. The first kappa shape index (κ1) is 19.6. The maximum Gasteiger partial charge on any atom is 0.275 e. The van der Waals surface area contributed by atoms with Gasteiger partial charge in [0.15, 0.2) is 0 Å². The highest BCUT2D eigenvalue weighted by molar-refractivity contribution is 5.91. The van der Waals surface area contributed by atoms with Gasteiger partial charge in [-0.15, -0.1) is 0 Å². The van der Waals surface area contributed by atoms with Crippen molar-refractivity contribution in [2.24, 2.45) is 0 Å². The highest BCUT2D eigenvalue weighted by Gasteiger charge is 2.13. The summed E-state index contributed by atoms with van der Waals surface area (Å²) in [5.74, 6) is -0.284. The van der Waals surface area contributed by atoms with Crippen LogP contribution in [0.5, 0.6) is 0 Å². The van der Waals surface area contributed by atoms with E-state index >= 15 is 0 Å². The van der Waals surface area contributed by atoms with Crippen LogP contribution in [0.25, 0.3) is 10.8 Å². The molecule has 1 heterocycles. The second-order valence-corrected chi connectivity index (χ2v) is 7.46. The Bertz CT molecular complexity index is 1280. The molecule has 4 rings (SSSR count). The lowest BCUT2D eigenvalue weighted by atomic mass is 10.0. The molecule has 4 aromatic rings. The van der Waals surface area contributed by atoms with Crippen molar-refractivity contribution in [2.45, 2.75) is 26.8 Å². The van der Waals surface area contributed by atoms with Gasteiger partial charge < -0.3 is 5.32 Å². The van der Waals surface area contributed by atoms with Crippen molar-refractivity contribution in [1.29, 1.82) is 0 Å². The van der Waals surface area contributed by atoms with Crippen molar-refractivity contribution < 1.29 is 4.79 Å². The number of carbonyl (C=O) groups is 1. The van der Waals surface area contributed by atoms with Gasteiger partial charge >= 0.3 is 0 Å². The van der Waals surface area contributed by atoms with Crippen molar-refractivity contribution in [3.05, 3.63) is 106 Å². The molecule has 0 radical (unpaired) electrons. The fourth-order valence-corrected chi connectivity index (χ4v) is 3.49. The SMILES string of the molecule is Cc1ccc(NC(=O)Cn2nc(Cc3ccccc3)c3ccccc3c2=O)cc1C. The van der Waals surface area contributed by atoms with E-state index in [1.54, 1.807) is 6.07 Å². The number of fused-ring (bicyclic) bond motifs is 1. The molecule has 0 atom stereocenters. The fourth-order valence-electron chi connectivity index (χ4n) is 3.49. The number of hydrogen-bond donors (Lipinski definition) is 1. The quantitative estimate of drug-likeness (QED) is 0.548. The molecule has 1 N–H and O–H groups in total. The summed E-state index contributed by atoms with van der Waals surface area (Å²) in [6.07, 6.45) is 0.584. The molecule has 5 heteroatoms. The topological polar surface area (TPSA) is 64.0 Å². The summed E-state index contributed by atoms with van der Waals surface area (Å²) in [4.78, 5) is 25.6. The van der Waals surface area contributed by atoms with Crippen LogP contribution in [0.1, 0.15) is 22.4 Å². The molecule has 0 aliphatic carbocycles. The Hall–Kier alpha value is -3.73. The molecule has 1 amide bonds. The predicted octanol–water partition coefficient (Wildman–Crippen LogP) is 4.24. The number of benzene rings is 3. The molecule has 0 aliphatic heterocycles. The van der Waals surface area contributed by atoms with Crippen LogP contribution >= 0.6 is 0 Å². The van der Waals surface area contributed by atoms with E-state index in [1.165, 1.54) is 4.68 Å². The van der Waals surface area contributed by atoms with Crippen LogP contribution < -0.4 is 10.9 Å². The first-order chi connectivity index (χ1) is 14.5. The van der Waals surface area contributed by atoms with Crippen LogP contribution in [0, 0.1) is 13.8 Å². The van der Waals surface area contributed by atoms with Gasteiger partial charge in [-0.3, -0.25) is 9.59 Å². The van der Waals surface area contributed by atoms with E-state index in [9.17, 15) is 9.59 Å². The van der Waals surface area contributed by atoms with E-state index < -0.39 is 0 Å². The van der Waals surface area contributed by atoms with Gasteiger partial charge in [0.25, 0.3) is 5.56 Å². The van der Waals surface area contributed by atoms with Gasteiger partial charge in [0, 0.05) is 17.5 Å². The smallest absolute Gasteiger partial charge is 0.275 e. The van der Waals surface area contributed by atoms with Crippen molar-refractivity contribution in [3.63, 3.8) is 0 Å². The minimum absolute atomic E-state index is 0.140. The van der Waals surface area contributed by atoms with Gasteiger partial charge in [-0.1, -0.05) is 54.6 Å². The summed E-state index contributed by atoms with van der Waals surface area (Å²) < 4.78 is 1.26. The molecule has 0 spiro atoms. The zero-order chi connectivity index (χ0) is 21.1. The van der Waals surface area contributed by atoms with Gasteiger partial charge in [-0.05, 0) is 48.7 Å². The molecule has 0 saturated carbocycles. The Morgan fingerprint density at radius 2 is 1.60 bits per heavy atom. The van der Waals surface area contributed by atoms with Crippen molar-refractivity contribution in [1.82, 2.24) is 9.78 Å². The number of anilines is 1. The summed E-state index contributed by atoms with van der Waals surface area (Å²) >= 11 is 0. The zero-order valence-electron chi connectivity index (χ0n) is 17.1. The number of aromatic nitrogens is 2. The molecular formula is C25H23N3O2. The lowest BCUT2D eigenvalue weighted by Crippen LogP contribution is -2.30. The number of hydrogen-bond acceptors (Lipinski definition) is 3. The van der Waals surface area contributed by atoms with Crippen LogP contribution in [-0.4, -0.2) is 15.7 Å². The monoisotopic (exact) mass is 397 g/mol. The third-order valence-corrected chi connectivity index (χ3v) is 5.24.